The molecule has 1 aromatic rings. The Morgan fingerprint density at radius 3 is 2.60 bits per heavy atom. The van der Waals surface area contributed by atoms with Gasteiger partial charge in [-0.3, -0.25) is 15.0 Å². The van der Waals surface area contributed by atoms with Gasteiger partial charge in [0.2, 0.25) is 0 Å². The third-order valence-electron chi connectivity index (χ3n) is 6.10. The molecule has 30 heavy (non-hydrogen) atoms. The first-order valence-corrected chi connectivity index (χ1v) is 11.0. The van der Waals surface area contributed by atoms with Crippen LogP contribution >= 0.6 is 11.6 Å². The van der Waals surface area contributed by atoms with Gasteiger partial charge < -0.3 is 14.7 Å². The highest BCUT2D eigenvalue weighted by Gasteiger charge is 2.49. The Hall–Kier alpha value is -2.32. The molecule has 2 unspecified atom stereocenters. The molecule has 0 aromatic heterocycles. The molecule has 9 heteroatoms. The van der Waals surface area contributed by atoms with Gasteiger partial charge in [0.05, 0.1) is 0 Å². The SMILES string of the molecule is CCCCN1C(N2CCN(Cc3ccccc3Cl)CC2)=NC2C1C(=O)NC(=O)N2C. The number of hydrogen-bond acceptors (Lipinski definition) is 6. The molecule has 3 aliphatic rings. The van der Waals surface area contributed by atoms with E-state index < -0.39 is 12.2 Å². The monoisotopic (exact) mass is 432 g/mol. The normalized spacial score (nSPS) is 24.8. The summed E-state index contributed by atoms with van der Waals surface area (Å²) in [5.41, 5.74) is 1.14. The summed E-state index contributed by atoms with van der Waals surface area (Å²) < 4.78 is 0. The minimum Gasteiger partial charge on any atom is -0.340 e. The van der Waals surface area contributed by atoms with Crippen molar-refractivity contribution < 1.29 is 9.59 Å². The second-order valence-electron chi connectivity index (χ2n) is 8.09. The van der Waals surface area contributed by atoms with Gasteiger partial charge in [0, 0.05) is 51.3 Å². The van der Waals surface area contributed by atoms with Crippen LogP contribution in [0.15, 0.2) is 29.3 Å². The standard InChI is InChI=1S/C21H29ClN6O2/c1-3-4-9-28-17-18(25(2)21(30)24-19(17)29)23-20(28)27-12-10-26(11-13-27)14-15-7-5-6-8-16(15)22/h5-8,17-18H,3-4,9-14H2,1-2H3,(H,24,29,30). The number of benzene rings is 1. The number of fused-ring (bicyclic) bond motifs is 1. The Kier molecular flexibility index (Phi) is 6.15. The van der Waals surface area contributed by atoms with Crippen molar-refractivity contribution in [3.8, 4) is 0 Å². The lowest BCUT2D eigenvalue weighted by Crippen LogP contribution is -2.64. The average molecular weight is 433 g/mol. The van der Waals surface area contributed by atoms with Gasteiger partial charge in [-0.2, -0.15) is 0 Å². The van der Waals surface area contributed by atoms with Crippen LogP contribution in [0.25, 0.3) is 0 Å². The van der Waals surface area contributed by atoms with Crippen LogP contribution in [0.2, 0.25) is 5.02 Å². The summed E-state index contributed by atoms with van der Waals surface area (Å²) in [6.07, 6.45) is 1.54. The van der Waals surface area contributed by atoms with E-state index in [0.717, 1.165) is 68.7 Å². The van der Waals surface area contributed by atoms with Crippen LogP contribution in [0.4, 0.5) is 4.79 Å². The molecular weight excluding hydrogens is 404 g/mol. The number of nitrogens with zero attached hydrogens (tertiary/aromatic N) is 5. The van der Waals surface area contributed by atoms with Crippen molar-refractivity contribution in [2.45, 2.75) is 38.5 Å². The van der Waals surface area contributed by atoms with E-state index in [1.165, 1.54) is 4.90 Å². The van der Waals surface area contributed by atoms with Crippen LogP contribution in [0.3, 0.4) is 0 Å². The number of nitrogens with one attached hydrogen (secondary N) is 1. The zero-order chi connectivity index (χ0) is 21.3. The molecule has 3 aliphatic heterocycles. The predicted molar refractivity (Wildman–Crippen MR) is 116 cm³/mol. The Morgan fingerprint density at radius 2 is 1.90 bits per heavy atom. The molecule has 2 saturated heterocycles. The number of halogens is 1. The van der Waals surface area contributed by atoms with Gasteiger partial charge in [0.1, 0.15) is 0 Å². The first-order valence-electron chi connectivity index (χ1n) is 10.6. The highest BCUT2D eigenvalue weighted by molar-refractivity contribution is 6.31. The topological polar surface area (TPSA) is 71.5 Å². The summed E-state index contributed by atoms with van der Waals surface area (Å²) in [4.78, 5) is 37.8. The highest BCUT2D eigenvalue weighted by Crippen LogP contribution is 2.27. The van der Waals surface area contributed by atoms with Gasteiger partial charge in [0.25, 0.3) is 5.91 Å². The quantitative estimate of drug-likeness (QED) is 0.768. The molecule has 0 spiro atoms. The largest absolute Gasteiger partial charge is 0.340 e. The third-order valence-corrected chi connectivity index (χ3v) is 6.47. The van der Waals surface area contributed by atoms with Crippen molar-refractivity contribution in [2.75, 3.05) is 39.8 Å². The van der Waals surface area contributed by atoms with Crippen LogP contribution in [-0.2, 0) is 11.3 Å². The number of imide groups is 1. The van der Waals surface area contributed by atoms with Gasteiger partial charge in [-0.05, 0) is 18.1 Å². The maximum Gasteiger partial charge on any atom is 0.325 e. The lowest BCUT2D eigenvalue weighted by Gasteiger charge is -2.40. The second kappa shape index (κ2) is 8.81. The van der Waals surface area contributed by atoms with Gasteiger partial charge in [-0.15, -0.1) is 0 Å². The first kappa shape index (κ1) is 20.9. The molecule has 0 saturated carbocycles. The minimum absolute atomic E-state index is 0.254. The number of carbonyl (C=O) groups is 2. The molecule has 1 aromatic carbocycles. The Labute approximate surface area is 182 Å². The number of carbonyl (C=O) groups excluding carboxylic acids is 2. The Bertz CT molecular complexity index is 839. The van der Waals surface area contributed by atoms with Crippen molar-refractivity contribution in [1.82, 2.24) is 24.9 Å². The Morgan fingerprint density at radius 1 is 1.17 bits per heavy atom. The fourth-order valence-electron chi connectivity index (χ4n) is 4.32. The molecule has 8 nitrogen and oxygen atoms in total. The number of likely N-dealkylation sites (N-methyl/N-ethyl adjacent to an activating group) is 1. The molecular formula is C21H29ClN6O2. The molecule has 2 atom stereocenters. The van der Waals surface area contributed by atoms with Crippen LogP contribution in [0, 0.1) is 0 Å². The number of unbranched alkanes of at least 4 members (excludes halogenated alkanes) is 1. The minimum atomic E-state index is -0.459. The van der Waals surface area contributed by atoms with E-state index in [1.807, 2.05) is 18.2 Å². The van der Waals surface area contributed by atoms with Gasteiger partial charge in [0.15, 0.2) is 18.2 Å². The number of hydrogen-bond donors (Lipinski definition) is 1. The third kappa shape index (κ3) is 3.98. The highest BCUT2D eigenvalue weighted by atomic mass is 35.5. The summed E-state index contributed by atoms with van der Waals surface area (Å²) >= 11 is 6.32. The van der Waals surface area contributed by atoms with Crippen LogP contribution in [0.5, 0.6) is 0 Å². The fourth-order valence-corrected chi connectivity index (χ4v) is 4.51. The van der Waals surface area contributed by atoms with Crippen LogP contribution < -0.4 is 5.32 Å². The molecule has 1 N–H and O–H groups in total. The number of amides is 3. The van der Waals surface area contributed by atoms with E-state index in [1.54, 1.807) is 7.05 Å². The van der Waals surface area contributed by atoms with Gasteiger partial charge in [-0.1, -0.05) is 43.1 Å². The number of urea groups is 1. The number of rotatable bonds is 5. The molecule has 4 rings (SSSR count). The average Bonchev–Trinajstić information content (AvgIpc) is 3.13. The van der Waals surface area contributed by atoms with Gasteiger partial charge in [-0.25, -0.2) is 9.79 Å². The van der Waals surface area contributed by atoms with E-state index in [0.29, 0.717) is 0 Å². The van der Waals surface area contributed by atoms with Crippen molar-refractivity contribution in [1.29, 1.82) is 0 Å². The number of guanidine groups is 1. The van der Waals surface area contributed by atoms with E-state index in [9.17, 15) is 9.59 Å². The summed E-state index contributed by atoms with van der Waals surface area (Å²) in [5.74, 6) is 0.586. The second-order valence-corrected chi connectivity index (χ2v) is 8.50. The fraction of sp³-hybridized carbons (Fsp3) is 0.571. The molecule has 2 fully saturated rings. The zero-order valence-corrected chi connectivity index (χ0v) is 18.3. The molecule has 3 heterocycles. The van der Waals surface area contributed by atoms with Crippen molar-refractivity contribution >= 4 is 29.5 Å². The smallest absolute Gasteiger partial charge is 0.325 e. The van der Waals surface area contributed by atoms with Crippen molar-refractivity contribution in [3.63, 3.8) is 0 Å². The maximum atomic E-state index is 12.6. The number of piperazine rings is 1. The predicted octanol–water partition coefficient (Wildman–Crippen LogP) is 1.81. The van der Waals surface area contributed by atoms with E-state index in [4.69, 9.17) is 16.6 Å². The summed E-state index contributed by atoms with van der Waals surface area (Å²) in [5, 5.41) is 3.26. The first-order chi connectivity index (χ1) is 14.5. The van der Waals surface area contributed by atoms with Crippen molar-refractivity contribution in [2.24, 2.45) is 4.99 Å². The Balaban J connectivity index is 1.46. The summed E-state index contributed by atoms with van der Waals surface area (Å²) in [7, 11) is 1.70. The number of aliphatic imine (C=N–C) groups is 1. The summed E-state index contributed by atoms with van der Waals surface area (Å²) in [6, 6.07) is 7.13. The van der Waals surface area contributed by atoms with Crippen LogP contribution in [-0.4, -0.2) is 89.5 Å². The summed E-state index contributed by atoms with van der Waals surface area (Å²) in [6.45, 7) is 7.14. The van der Waals surface area contributed by atoms with Crippen LogP contribution in [0.1, 0.15) is 25.3 Å². The maximum absolute atomic E-state index is 12.6. The lowest BCUT2D eigenvalue weighted by molar-refractivity contribution is -0.127. The van der Waals surface area contributed by atoms with Crippen molar-refractivity contribution in [3.05, 3.63) is 34.9 Å². The molecule has 3 amide bonds. The molecule has 0 bridgehead atoms. The molecule has 0 radical (unpaired) electrons. The zero-order valence-electron chi connectivity index (χ0n) is 17.6. The molecule has 0 aliphatic carbocycles. The lowest BCUT2D eigenvalue weighted by atomic mass is 10.1. The van der Waals surface area contributed by atoms with E-state index in [-0.39, 0.29) is 11.9 Å². The molecule has 162 valence electrons. The van der Waals surface area contributed by atoms with E-state index in [2.05, 4.69) is 33.0 Å². The van der Waals surface area contributed by atoms with Gasteiger partial charge >= 0.3 is 6.03 Å². The van der Waals surface area contributed by atoms with E-state index >= 15 is 0 Å².